The number of nitrogens with zero attached hydrogens (tertiary/aromatic N) is 1. The molecule has 1 aliphatic rings. The number of hydrogen-bond donors (Lipinski definition) is 0. The van der Waals surface area contributed by atoms with E-state index in [-0.39, 0.29) is 10.6 Å². The van der Waals surface area contributed by atoms with Crippen molar-refractivity contribution >= 4 is 14.0 Å². The molecule has 0 N–H and O–H groups in total. The molecule has 1 heterocycles. The summed E-state index contributed by atoms with van der Waals surface area (Å²) in [5.41, 5.74) is 2.96. The lowest BCUT2D eigenvalue weighted by molar-refractivity contribution is 0.261. The molecule has 0 saturated carbocycles. The Morgan fingerprint density at radius 2 is 1.31 bits per heavy atom. The SMILES string of the molecule is CCCCCCCCCC[C@@]1(CCO[Si](C)(C)C(C)(C)C)[C@@H](c2ccccc2)N1c1ccccc1. The molecule has 0 bridgehead atoms. The molecule has 194 valence electrons. The van der Waals surface area contributed by atoms with Crippen LogP contribution in [-0.2, 0) is 4.43 Å². The Morgan fingerprint density at radius 1 is 0.771 bits per heavy atom. The highest BCUT2D eigenvalue weighted by atomic mass is 28.4. The quantitative estimate of drug-likeness (QED) is 0.139. The van der Waals surface area contributed by atoms with Crippen molar-refractivity contribution in [2.75, 3.05) is 11.5 Å². The Morgan fingerprint density at radius 3 is 1.89 bits per heavy atom. The molecule has 35 heavy (non-hydrogen) atoms. The summed E-state index contributed by atoms with van der Waals surface area (Å²) in [5, 5.41) is 0.249. The largest absolute Gasteiger partial charge is 0.417 e. The summed E-state index contributed by atoms with van der Waals surface area (Å²) < 4.78 is 6.73. The summed E-state index contributed by atoms with van der Waals surface area (Å²) >= 11 is 0. The van der Waals surface area contributed by atoms with Crippen LogP contribution in [0.5, 0.6) is 0 Å². The normalized spacial score (nSPS) is 20.3. The van der Waals surface area contributed by atoms with Crippen LogP contribution in [0.4, 0.5) is 5.69 Å². The maximum absolute atomic E-state index is 6.73. The number of para-hydroxylation sites is 1. The summed E-state index contributed by atoms with van der Waals surface area (Å²) in [4.78, 5) is 2.71. The van der Waals surface area contributed by atoms with Crippen molar-refractivity contribution in [3.05, 3.63) is 66.2 Å². The van der Waals surface area contributed by atoms with Gasteiger partial charge in [-0.25, -0.2) is 0 Å². The van der Waals surface area contributed by atoms with Crippen LogP contribution in [0.25, 0.3) is 0 Å². The highest BCUT2D eigenvalue weighted by molar-refractivity contribution is 6.74. The maximum Gasteiger partial charge on any atom is 0.191 e. The third-order valence-corrected chi connectivity index (χ3v) is 13.1. The van der Waals surface area contributed by atoms with E-state index >= 15 is 0 Å². The second-order valence-corrected chi connectivity index (χ2v) is 17.0. The van der Waals surface area contributed by atoms with Gasteiger partial charge in [-0.15, -0.1) is 0 Å². The van der Waals surface area contributed by atoms with Gasteiger partial charge in [0.15, 0.2) is 8.32 Å². The Bertz CT molecular complexity index is 813. The maximum atomic E-state index is 6.73. The highest BCUT2D eigenvalue weighted by Crippen LogP contribution is 2.60. The van der Waals surface area contributed by atoms with Gasteiger partial charge >= 0.3 is 0 Å². The summed E-state index contributed by atoms with van der Waals surface area (Å²) in [6, 6.07) is 22.7. The molecule has 2 aromatic rings. The molecular weight excluding hydrogens is 442 g/mol. The average molecular weight is 494 g/mol. The minimum atomic E-state index is -1.76. The number of hydrogen-bond acceptors (Lipinski definition) is 2. The molecule has 2 atom stereocenters. The average Bonchev–Trinajstić information content (AvgIpc) is 3.49. The number of rotatable bonds is 15. The van der Waals surface area contributed by atoms with E-state index in [2.05, 4.69) is 106 Å². The van der Waals surface area contributed by atoms with Gasteiger partial charge in [-0.1, -0.05) is 128 Å². The zero-order valence-electron chi connectivity index (χ0n) is 23.5. The molecule has 0 unspecified atom stereocenters. The summed E-state index contributed by atoms with van der Waals surface area (Å²) in [6.07, 6.45) is 13.3. The number of benzene rings is 2. The lowest BCUT2D eigenvalue weighted by Gasteiger charge is -2.36. The second-order valence-electron chi connectivity index (χ2n) is 12.2. The molecule has 1 fully saturated rings. The first-order valence-electron chi connectivity index (χ1n) is 14.3. The van der Waals surface area contributed by atoms with Crippen molar-refractivity contribution in [3.8, 4) is 0 Å². The first kappa shape index (κ1) is 28.0. The van der Waals surface area contributed by atoms with Crippen molar-refractivity contribution in [2.45, 2.75) is 122 Å². The monoisotopic (exact) mass is 493 g/mol. The van der Waals surface area contributed by atoms with Crippen molar-refractivity contribution < 1.29 is 4.43 Å². The van der Waals surface area contributed by atoms with Gasteiger partial charge in [0.1, 0.15) is 0 Å². The number of unbranched alkanes of at least 4 members (excludes halogenated alkanes) is 7. The third-order valence-electron chi connectivity index (χ3n) is 8.60. The van der Waals surface area contributed by atoms with E-state index in [0.717, 1.165) is 13.0 Å². The van der Waals surface area contributed by atoms with Crippen LogP contribution in [0.3, 0.4) is 0 Å². The Balaban J connectivity index is 1.74. The third kappa shape index (κ3) is 7.23. The van der Waals surface area contributed by atoms with E-state index in [0.29, 0.717) is 6.04 Å². The van der Waals surface area contributed by atoms with Gasteiger partial charge in [0, 0.05) is 12.3 Å². The van der Waals surface area contributed by atoms with E-state index in [1.807, 2.05) is 0 Å². The van der Waals surface area contributed by atoms with E-state index in [1.165, 1.54) is 69.0 Å². The van der Waals surface area contributed by atoms with Crippen molar-refractivity contribution in [1.29, 1.82) is 0 Å². The van der Waals surface area contributed by atoms with Crippen LogP contribution in [0, 0.1) is 0 Å². The second kappa shape index (κ2) is 12.6. The first-order chi connectivity index (χ1) is 16.7. The Labute approximate surface area is 217 Å². The van der Waals surface area contributed by atoms with Gasteiger partial charge in [0.05, 0.1) is 11.6 Å². The topological polar surface area (TPSA) is 12.2 Å². The van der Waals surface area contributed by atoms with E-state index in [1.54, 1.807) is 0 Å². The number of anilines is 1. The van der Waals surface area contributed by atoms with Crippen LogP contribution < -0.4 is 4.90 Å². The lowest BCUT2D eigenvalue weighted by atomic mass is 9.90. The smallest absolute Gasteiger partial charge is 0.191 e. The molecule has 1 aliphatic heterocycles. The Kier molecular flexibility index (Phi) is 10.1. The van der Waals surface area contributed by atoms with E-state index < -0.39 is 8.32 Å². The van der Waals surface area contributed by atoms with Crippen LogP contribution in [0.1, 0.15) is 104 Å². The molecule has 0 spiro atoms. The summed E-state index contributed by atoms with van der Waals surface area (Å²) in [5.74, 6) is 0. The zero-order chi connectivity index (χ0) is 25.4. The molecule has 2 aromatic carbocycles. The van der Waals surface area contributed by atoms with E-state index in [9.17, 15) is 0 Å². The van der Waals surface area contributed by atoms with Gasteiger partial charge < -0.3 is 9.33 Å². The van der Waals surface area contributed by atoms with E-state index in [4.69, 9.17) is 4.43 Å². The molecule has 0 aromatic heterocycles. The lowest BCUT2D eigenvalue weighted by Crippen LogP contribution is -2.41. The fourth-order valence-electron chi connectivity index (χ4n) is 5.37. The van der Waals surface area contributed by atoms with Gasteiger partial charge in [0.2, 0.25) is 0 Å². The predicted octanol–water partition coefficient (Wildman–Crippen LogP) is 9.93. The molecule has 0 amide bonds. The van der Waals surface area contributed by atoms with Gasteiger partial charge in [-0.2, -0.15) is 0 Å². The molecule has 0 radical (unpaired) electrons. The van der Waals surface area contributed by atoms with Gasteiger partial charge in [-0.05, 0) is 48.7 Å². The van der Waals surface area contributed by atoms with Gasteiger partial charge in [0.25, 0.3) is 0 Å². The van der Waals surface area contributed by atoms with Crippen molar-refractivity contribution in [2.24, 2.45) is 0 Å². The molecule has 2 nitrogen and oxygen atoms in total. The fraction of sp³-hybridized carbons (Fsp3) is 0.625. The first-order valence-corrected chi connectivity index (χ1v) is 17.2. The summed E-state index contributed by atoms with van der Waals surface area (Å²) in [6.45, 7) is 15.0. The minimum absolute atomic E-state index is 0.160. The Hall–Kier alpha value is -1.58. The van der Waals surface area contributed by atoms with Crippen molar-refractivity contribution in [3.63, 3.8) is 0 Å². The van der Waals surface area contributed by atoms with Crippen LogP contribution in [0.15, 0.2) is 60.7 Å². The molecular formula is C32H51NOSi. The highest BCUT2D eigenvalue weighted by Gasteiger charge is 2.62. The molecule has 3 heteroatoms. The standard InChI is InChI=1S/C32H51NOSi/c1-7-8-9-10-11-12-13-20-25-32(26-27-34-35(5,6)31(2,3)4)30(28-21-16-14-17-22-28)33(32)29-23-18-15-19-24-29/h14-19,21-24,30H,7-13,20,25-27H2,1-6H3/t30-,32-,33?/m1/s1. The van der Waals surface area contributed by atoms with Crippen LogP contribution in [0.2, 0.25) is 18.1 Å². The minimum Gasteiger partial charge on any atom is -0.417 e. The molecule has 3 rings (SSSR count). The van der Waals surface area contributed by atoms with Crippen LogP contribution >= 0.6 is 0 Å². The van der Waals surface area contributed by atoms with Gasteiger partial charge in [-0.3, -0.25) is 0 Å². The predicted molar refractivity (Wildman–Crippen MR) is 156 cm³/mol. The van der Waals surface area contributed by atoms with Crippen LogP contribution in [-0.4, -0.2) is 20.5 Å². The van der Waals surface area contributed by atoms with Crippen molar-refractivity contribution in [1.82, 2.24) is 0 Å². The fourth-order valence-corrected chi connectivity index (χ4v) is 6.41. The zero-order valence-corrected chi connectivity index (χ0v) is 24.5. The summed E-state index contributed by atoms with van der Waals surface area (Å²) in [7, 11) is -1.76. The molecule has 0 aliphatic carbocycles. The molecule has 1 saturated heterocycles.